The summed E-state index contributed by atoms with van der Waals surface area (Å²) in [4.78, 5) is 28.5. The van der Waals surface area contributed by atoms with E-state index >= 15 is 0 Å². The number of carbonyl (C=O) groups excluding carboxylic acids is 2. The third-order valence-corrected chi connectivity index (χ3v) is 5.16. The summed E-state index contributed by atoms with van der Waals surface area (Å²) in [5, 5.41) is 11.1. The lowest BCUT2D eigenvalue weighted by Crippen LogP contribution is -2.49. The number of urea groups is 1. The van der Waals surface area contributed by atoms with E-state index in [2.05, 4.69) is 22.6 Å². The fourth-order valence-electron chi connectivity index (χ4n) is 3.62. The van der Waals surface area contributed by atoms with E-state index in [1.165, 1.54) is 0 Å². The van der Waals surface area contributed by atoms with E-state index < -0.39 is 0 Å². The molecule has 2 aliphatic rings. The molecule has 1 atom stereocenters. The molecule has 2 saturated heterocycles. The number of hydrogen-bond donors (Lipinski definition) is 1. The molecule has 27 heavy (non-hydrogen) atoms. The van der Waals surface area contributed by atoms with Crippen molar-refractivity contribution in [1.82, 2.24) is 30.1 Å². The molecule has 0 aromatic carbocycles. The second-order valence-electron chi connectivity index (χ2n) is 7.14. The molecule has 2 aliphatic heterocycles. The lowest BCUT2D eigenvalue weighted by molar-refractivity contribution is 0.0299. The summed E-state index contributed by atoms with van der Waals surface area (Å²) < 4.78 is 6.99. The van der Waals surface area contributed by atoms with Gasteiger partial charge in [0.15, 0.2) is 5.69 Å². The van der Waals surface area contributed by atoms with Crippen molar-refractivity contribution in [2.24, 2.45) is 0 Å². The van der Waals surface area contributed by atoms with Crippen LogP contribution in [-0.2, 0) is 11.3 Å². The number of aromatic nitrogens is 3. The van der Waals surface area contributed by atoms with Gasteiger partial charge in [-0.2, -0.15) is 0 Å². The number of ether oxygens (including phenoxy) is 1. The van der Waals surface area contributed by atoms with Crippen molar-refractivity contribution in [3.63, 3.8) is 0 Å². The SMILES string of the molecule is CCCNC(=O)N1CCCCC1CCn1cc(C(=O)N2CCOCC2)nn1. The number of nitrogens with zero attached hydrogens (tertiary/aromatic N) is 5. The third kappa shape index (κ3) is 5.18. The first-order valence-corrected chi connectivity index (χ1v) is 10.0. The van der Waals surface area contributed by atoms with E-state index in [0.717, 1.165) is 38.6 Å². The minimum absolute atomic E-state index is 0.0309. The van der Waals surface area contributed by atoms with Gasteiger partial charge in [0.25, 0.3) is 5.91 Å². The molecule has 0 radical (unpaired) electrons. The average Bonchev–Trinajstić information content (AvgIpc) is 3.20. The Hall–Kier alpha value is -2.16. The molecule has 3 rings (SSSR count). The van der Waals surface area contributed by atoms with E-state index in [1.807, 2.05) is 4.90 Å². The van der Waals surface area contributed by atoms with E-state index in [4.69, 9.17) is 4.74 Å². The lowest BCUT2D eigenvalue weighted by atomic mass is 10.00. The fraction of sp³-hybridized carbons (Fsp3) is 0.778. The minimum atomic E-state index is -0.0946. The summed E-state index contributed by atoms with van der Waals surface area (Å²) in [6.07, 6.45) is 6.66. The highest BCUT2D eigenvalue weighted by atomic mass is 16.5. The third-order valence-electron chi connectivity index (χ3n) is 5.16. The average molecular weight is 378 g/mol. The number of piperidine rings is 1. The molecule has 0 bridgehead atoms. The second kappa shape index (κ2) is 9.68. The maximum absolute atomic E-state index is 12.5. The van der Waals surface area contributed by atoms with Crippen LogP contribution < -0.4 is 5.32 Å². The van der Waals surface area contributed by atoms with Gasteiger partial charge in [0, 0.05) is 38.8 Å². The number of rotatable bonds is 6. The van der Waals surface area contributed by atoms with Crippen molar-refractivity contribution >= 4 is 11.9 Å². The Morgan fingerprint density at radius 2 is 2.07 bits per heavy atom. The Morgan fingerprint density at radius 3 is 2.85 bits per heavy atom. The quantitative estimate of drug-likeness (QED) is 0.801. The van der Waals surface area contributed by atoms with E-state index in [-0.39, 0.29) is 18.0 Å². The number of morpholine rings is 1. The molecule has 0 aliphatic carbocycles. The summed E-state index contributed by atoms with van der Waals surface area (Å²) in [5.41, 5.74) is 0.373. The van der Waals surface area contributed by atoms with Crippen molar-refractivity contribution in [2.45, 2.75) is 51.6 Å². The Balaban J connectivity index is 1.53. The number of likely N-dealkylation sites (tertiary alicyclic amines) is 1. The Bertz CT molecular complexity index is 628. The van der Waals surface area contributed by atoms with Crippen LogP contribution in [0.15, 0.2) is 6.20 Å². The molecule has 9 nitrogen and oxygen atoms in total. The Morgan fingerprint density at radius 1 is 1.26 bits per heavy atom. The molecule has 3 heterocycles. The fourth-order valence-corrected chi connectivity index (χ4v) is 3.62. The minimum Gasteiger partial charge on any atom is -0.378 e. The Labute approximate surface area is 160 Å². The first kappa shape index (κ1) is 19.6. The standard InChI is InChI=1S/C18H30N6O3/c1-2-7-19-18(26)24-8-4-3-5-15(24)6-9-23-14-16(20-21-23)17(25)22-10-12-27-13-11-22/h14-15H,2-13H2,1H3,(H,19,26). The highest BCUT2D eigenvalue weighted by Gasteiger charge is 2.27. The first-order chi connectivity index (χ1) is 13.2. The van der Waals surface area contributed by atoms with Gasteiger partial charge in [-0.15, -0.1) is 5.10 Å². The summed E-state index contributed by atoms with van der Waals surface area (Å²) in [5.74, 6) is -0.0946. The molecular weight excluding hydrogens is 348 g/mol. The van der Waals surface area contributed by atoms with Gasteiger partial charge in [-0.25, -0.2) is 4.79 Å². The molecule has 150 valence electrons. The highest BCUT2D eigenvalue weighted by Crippen LogP contribution is 2.20. The van der Waals surface area contributed by atoms with Crippen LogP contribution in [-0.4, -0.2) is 82.2 Å². The zero-order valence-electron chi connectivity index (χ0n) is 16.1. The van der Waals surface area contributed by atoms with Crippen LogP contribution in [0.1, 0.15) is 49.5 Å². The van der Waals surface area contributed by atoms with Gasteiger partial charge in [-0.1, -0.05) is 12.1 Å². The van der Waals surface area contributed by atoms with Gasteiger partial charge < -0.3 is 19.9 Å². The number of nitrogens with one attached hydrogen (secondary N) is 1. The van der Waals surface area contributed by atoms with Crippen molar-refractivity contribution in [2.75, 3.05) is 39.4 Å². The Kier molecular flexibility index (Phi) is 7.03. The van der Waals surface area contributed by atoms with Crippen LogP contribution in [0.4, 0.5) is 4.79 Å². The number of hydrogen-bond acceptors (Lipinski definition) is 5. The predicted molar refractivity (Wildman–Crippen MR) is 99.4 cm³/mol. The summed E-state index contributed by atoms with van der Waals surface area (Å²) in [6.45, 7) is 6.52. The van der Waals surface area contributed by atoms with Crippen LogP contribution in [0.25, 0.3) is 0 Å². The van der Waals surface area contributed by atoms with Crippen molar-refractivity contribution in [3.8, 4) is 0 Å². The molecule has 2 fully saturated rings. The van der Waals surface area contributed by atoms with Crippen LogP contribution in [0.5, 0.6) is 0 Å². The van der Waals surface area contributed by atoms with Gasteiger partial charge in [0.05, 0.1) is 19.4 Å². The highest BCUT2D eigenvalue weighted by molar-refractivity contribution is 5.92. The predicted octanol–water partition coefficient (Wildman–Crippen LogP) is 1.11. The molecule has 0 saturated carbocycles. The zero-order valence-corrected chi connectivity index (χ0v) is 16.1. The normalized spacial score (nSPS) is 20.6. The molecule has 1 unspecified atom stereocenters. The molecule has 3 amide bonds. The molecule has 9 heteroatoms. The largest absolute Gasteiger partial charge is 0.378 e. The van der Waals surface area contributed by atoms with E-state index in [1.54, 1.807) is 15.8 Å². The molecule has 1 aromatic heterocycles. The summed E-state index contributed by atoms with van der Waals surface area (Å²) in [7, 11) is 0. The molecule has 1 aromatic rings. The van der Waals surface area contributed by atoms with Crippen LogP contribution in [0.2, 0.25) is 0 Å². The number of aryl methyl sites for hydroxylation is 1. The van der Waals surface area contributed by atoms with Gasteiger partial charge in [-0.3, -0.25) is 9.48 Å². The van der Waals surface area contributed by atoms with Gasteiger partial charge >= 0.3 is 6.03 Å². The molecule has 1 N–H and O–H groups in total. The maximum Gasteiger partial charge on any atom is 0.317 e. The van der Waals surface area contributed by atoms with Gasteiger partial charge in [-0.05, 0) is 32.1 Å². The first-order valence-electron chi connectivity index (χ1n) is 10.0. The monoisotopic (exact) mass is 378 g/mol. The summed E-state index contributed by atoms with van der Waals surface area (Å²) >= 11 is 0. The zero-order chi connectivity index (χ0) is 19.1. The second-order valence-corrected chi connectivity index (χ2v) is 7.14. The maximum atomic E-state index is 12.5. The van der Waals surface area contributed by atoms with Crippen LogP contribution in [0, 0.1) is 0 Å². The molecule has 0 spiro atoms. The van der Waals surface area contributed by atoms with Crippen LogP contribution in [0.3, 0.4) is 0 Å². The molecular formula is C18H30N6O3. The number of carbonyl (C=O) groups is 2. The van der Waals surface area contributed by atoms with E-state index in [9.17, 15) is 9.59 Å². The summed E-state index contributed by atoms with van der Waals surface area (Å²) in [6, 6.07) is 0.238. The lowest BCUT2D eigenvalue weighted by Gasteiger charge is -2.35. The smallest absolute Gasteiger partial charge is 0.317 e. The van der Waals surface area contributed by atoms with Gasteiger partial charge in [0.2, 0.25) is 0 Å². The topological polar surface area (TPSA) is 92.6 Å². The van der Waals surface area contributed by atoms with Crippen LogP contribution >= 0.6 is 0 Å². The van der Waals surface area contributed by atoms with Crippen molar-refractivity contribution in [3.05, 3.63) is 11.9 Å². The van der Waals surface area contributed by atoms with E-state index in [0.29, 0.717) is 45.1 Å². The number of amides is 3. The van der Waals surface area contributed by atoms with Crippen molar-refractivity contribution in [1.29, 1.82) is 0 Å². The van der Waals surface area contributed by atoms with Crippen molar-refractivity contribution < 1.29 is 14.3 Å². The van der Waals surface area contributed by atoms with Gasteiger partial charge in [0.1, 0.15) is 0 Å².